The number of fused-ring (bicyclic) bond motifs is 6. The Hall–Kier alpha value is -3.78. The van der Waals surface area contributed by atoms with Crippen LogP contribution >= 0.6 is 0 Å². The maximum absolute atomic E-state index is 2.36. The van der Waals surface area contributed by atoms with Crippen molar-refractivity contribution in [3.05, 3.63) is 168 Å². The van der Waals surface area contributed by atoms with Crippen molar-refractivity contribution >= 4 is 59.3 Å². The van der Waals surface area contributed by atoms with Gasteiger partial charge in [0.15, 0.2) is 0 Å². The smallest absolute Gasteiger partial charge is 0.00995 e. The minimum absolute atomic E-state index is 0. The average molecular weight is 823 g/mol. The quantitative estimate of drug-likeness (QED) is 0.0955. The second-order valence-corrected chi connectivity index (χ2v) is 23.6. The van der Waals surface area contributed by atoms with Crippen LogP contribution in [0.3, 0.4) is 0 Å². The van der Waals surface area contributed by atoms with Crippen LogP contribution in [0.2, 0.25) is 13.1 Å². The standard InChI is InChI=1S/C25H19.C22H19.C2H6Si.2ClH.Zr/c1-16-14-24-17(2)10-12-23(25(24)15-16)21-9-5-8-20-19-7-4-3-6-18(19)11-13-22(20)21;1-15(2)18-13-17-9-6-12-21(22(17)14-18)20-11-5-8-16-7-3-4-10-19(16)20;1-3-2;;;/h3-15H,1-2H3;3-15H,1-2H3;1-2H3;2*1H;/q2*-1;;;;+2/p-2. The van der Waals surface area contributed by atoms with Crippen LogP contribution in [-0.4, -0.2) is 5.43 Å². The van der Waals surface area contributed by atoms with E-state index in [0.29, 0.717) is 5.92 Å². The average Bonchev–Trinajstić information content (AvgIpc) is 3.76. The van der Waals surface area contributed by atoms with Crippen LogP contribution in [0.25, 0.3) is 76.1 Å². The van der Waals surface area contributed by atoms with Gasteiger partial charge in [0.1, 0.15) is 0 Å². The van der Waals surface area contributed by atoms with E-state index in [9.17, 15) is 0 Å². The Balaban J connectivity index is 0.000000181. The minimum Gasteiger partial charge on any atom is -1.00 e. The molecule has 0 spiro atoms. The van der Waals surface area contributed by atoms with Gasteiger partial charge in [-0.15, -0.1) is 68.6 Å². The maximum atomic E-state index is 2.36. The number of hydrogen-bond acceptors (Lipinski definition) is 0. The van der Waals surface area contributed by atoms with Gasteiger partial charge in [0.25, 0.3) is 0 Å². The first-order valence-electron chi connectivity index (χ1n) is 18.0. The van der Waals surface area contributed by atoms with Crippen molar-refractivity contribution in [3.63, 3.8) is 0 Å². The van der Waals surface area contributed by atoms with E-state index < -0.39 is 0 Å². The molecule has 0 aliphatic carbocycles. The number of rotatable bonds is 3. The van der Waals surface area contributed by atoms with E-state index in [2.05, 4.69) is 192 Å². The van der Waals surface area contributed by atoms with Crippen LogP contribution in [0.4, 0.5) is 0 Å². The normalized spacial score (nSPS) is 10.8. The molecule has 0 heterocycles. The second-order valence-electron chi connectivity index (χ2n) is 14.3. The first-order valence-corrected chi connectivity index (χ1v) is 24.1. The summed E-state index contributed by atoms with van der Waals surface area (Å²) in [6.07, 6.45) is 0. The summed E-state index contributed by atoms with van der Waals surface area (Å²) in [5.41, 5.74) is 9.61. The molecule has 0 aliphatic heterocycles. The molecule has 0 bridgehead atoms. The molecule has 0 radical (unpaired) electrons. The van der Waals surface area contributed by atoms with E-state index in [1.807, 2.05) is 0 Å². The van der Waals surface area contributed by atoms with Gasteiger partial charge in [0, 0.05) is 0 Å². The van der Waals surface area contributed by atoms with Crippen molar-refractivity contribution in [3.8, 4) is 22.3 Å². The Morgan fingerprint density at radius 3 is 1.72 bits per heavy atom. The van der Waals surface area contributed by atoms with Crippen molar-refractivity contribution in [2.45, 2.75) is 46.7 Å². The van der Waals surface area contributed by atoms with E-state index in [1.165, 1.54) is 92.8 Å². The maximum Gasteiger partial charge on any atom is -0.00995 e. The van der Waals surface area contributed by atoms with Gasteiger partial charge in [-0.1, -0.05) is 148 Å². The fourth-order valence-electron chi connectivity index (χ4n) is 7.39. The van der Waals surface area contributed by atoms with Crippen molar-refractivity contribution in [2.24, 2.45) is 0 Å². The van der Waals surface area contributed by atoms with Gasteiger partial charge in [0.05, 0.1) is 0 Å². The fourth-order valence-corrected chi connectivity index (χ4v) is 7.39. The Morgan fingerprint density at radius 2 is 1.02 bits per heavy atom. The van der Waals surface area contributed by atoms with Crippen molar-refractivity contribution in [2.75, 3.05) is 0 Å². The molecular formula is C49H44Cl2SiZr-2. The van der Waals surface area contributed by atoms with Gasteiger partial charge in [0.2, 0.25) is 0 Å². The predicted molar refractivity (Wildman–Crippen MR) is 224 cm³/mol. The third-order valence-corrected chi connectivity index (χ3v) is 9.85. The number of aryl methyl sites for hydroxylation is 2. The van der Waals surface area contributed by atoms with Gasteiger partial charge in [-0.05, 0) is 49.4 Å². The number of benzene rings is 7. The van der Waals surface area contributed by atoms with E-state index >= 15 is 0 Å². The van der Waals surface area contributed by atoms with E-state index in [-0.39, 0.29) is 30.2 Å². The van der Waals surface area contributed by atoms with Crippen LogP contribution in [0.5, 0.6) is 0 Å². The molecular weight excluding hydrogens is 779 g/mol. The summed E-state index contributed by atoms with van der Waals surface area (Å²) in [6.45, 7) is 13.5. The predicted octanol–water partition coefficient (Wildman–Crippen LogP) is 8.44. The molecule has 0 N–H and O–H groups in total. The summed E-state index contributed by atoms with van der Waals surface area (Å²) < 4.78 is 0. The molecule has 264 valence electrons. The molecule has 0 saturated heterocycles. The van der Waals surface area contributed by atoms with Crippen molar-refractivity contribution in [1.82, 2.24) is 0 Å². The zero-order valence-corrected chi connectivity index (χ0v) is 36.2. The fraction of sp³-hybridized carbons (Fsp3) is 0.143. The molecule has 9 aromatic carbocycles. The van der Waals surface area contributed by atoms with Crippen LogP contribution < -0.4 is 24.8 Å². The first-order chi connectivity index (χ1) is 24.7. The summed E-state index contributed by atoms with van der Waals surface area (Å²) in [7, 11) is 0. The van der Waals surface area contributed by atoms with Crippen molar-refractivity contribution < 1.29 is 48.1 Å². The van der Waals surface area contributed by atoms with E-state index in [4.69, 9.17) is 0 Å². The van der Waals surface area contributed by atoms with Gasteiger partial charge in [-0.3, -0.25) is 0 Å². The second kappa shape index (κ2) is 17.6. The summed E-state index contributed by atoms with van der Waals surface area (Å²) in [4.78, 5) is 0. The molecule has 0 amide bonds. The third kappa shape index (κ3) is 8.48. The van der Waals surface area contributed by atoms with Crippen LogP contribution in [0.15, 0.2) is 152 Å². The molecule has 0 nitrogen and oxygen atoms in total. The van der Waals surface area contributed by atoms with Crippen LogP contribution in [0.1, 0.15) is 36.5 Å². The van der Waals surface area contributed by atoms with Gasteiger partial charge >= 0.3 is 41.9 Å². The molecule has 53 heavy (non-hydrogen) atoms. The molecule has 0 atom stereocenters. The van der Waals surface area contributed by atoms with Gasteiger partial charge in [-0.25, -0.2) is 0 Å². The summed E-state index contributed by atoms with van der Waals surface area (Å²) in [5, 5.41) is 13.3. The Kier molecular flexibility index (Phi) is 13.4. The summed E-state index contributed by atoms with van der Waals surface area (Å²) in [5.74, 6) is 0.563. The minimum atomic E-state index is 0. The Labute approximate surface area is 342 Å². The molecule has 0 fully saturated rings. The van der Waals surface area contributed by atoms with Crippen molar-refractivity contribution in [1.29, 1.82) is 0 Å². The molecule has 4 heteroatoms. The zero-order chi connectivity index (χ0) is 35.6. The van der Waals surface area contributed by atoms with Crippen LogP contribution in [0, 0.1) is 13.8 Å². The largest absolute Gasteiger partial charge is 1.00 e. The molecule has 0 aliphatic rings. The Bertz CT molecular complexity index is 2690. The third-order valence-electron chi connectivity index (χ3n) is 9.85. The van der Waals surface area contributed by atoms with Crippen LogP contribution in [-0.2, 0) is 23.3 Å². The van der Waals surface area contributed by atoms with Gasteiger partial charge < -0.3 is 24.8 Å². The molecule has 0 aromatic heterocycles. The molecule has 0 saturated carbocycles. The first kappa shape index (κ1) is 40.4. The summed E-state index contributed by atoms with van der Waals surface area (Å²) >= 11 is 1.74. The number of halogens is 2. The monoisotopic (exact) mass is 820 g/mol. The molecule has 0 unspecified atom stereocenters. The van der Waals surface area contributed by atoms with Gasteiger partial charge in [-0.2, -0.15) is 12.1 Å². The topological polar surface area (TPSA) is 0 Å². The molecule has 9 aromatic rings. The SMILES string of the molecule is CC(C)c1cc2c(-c3cccc4ccccc34)cccc2[cH-]1.C[Si](C)=[Zr+2].Cc1cc2c(-c3cccc4c3ccc3ccccc34)ccc(C)c2[cH-]1.[Cl-].[Cl-]. The molecule has 9 rings (SSSR count). The van der Waals surface area contributed by atoms with E-state index in [0.717, 1.165) is 0 Å². The van der Waals surface area contributed by atoms with E-state index in [1.54, 1.807) is 23.3 Å². The number of hydrogen-bond donors (Lipinski definition) is 0. The summed E-state index contributed by atoms with van der Waals surface area (Å²) in [6, 6.07) is 55.5. The zero-order valence-electron chi connectivity index (χ0n) is 31.3. The Morgan fingerprint density at radius 1 is 0.491 bits per heavy atom.